The molecule has 2 heterocycles. The lowest BCUT2D eigenvalue weighted by atomic mass is 10.2. The van der Waals surface area contributed by atoms with E-state index in [1.165, 1.54) is 52.3 Å². The molecular weight excluding hydrogens is 446 g/mol. The quantitative estimate of drug-likeness (QED) is 0.303. The van der Waals surface area contributed by atoms with Gasteiger partial charge in [0.15, 0.2) is 10.8 Å². The molecule has 0 saturated heterocycles. The molecule has 0 unspecified atom stereocenters. The van der Waals surface area contributed by atoms with Gasteiger partial charge < -0.3 is 4.74 Å². The number of carbonyl (C=O) groups is 1. The van der Waals surface area contributed by atoms with Crippen molar-refractivity contribution in [1.82, 2.24) is 14.8 Å². The van der Waals surface area contributed by atoms with Crippen molar-refractivity contribution < 1.29 is 14.5 Å². The number of nitro groups is 1. The third-order valence-corrected chi connectivity index (χ3v) is 5.95. The molecule has 0 spiro atoms. The summed E-state index contributed by atoms with van der Waals surface area (Å²) in [5.41, 5.74) is 0.0798. The summed E-state index contributed by atoms with van der Waals surface area (Å²) in [5.74, 6) is -0.663. The minimum Gasteiger partial charge on any atom is -0.383 e. The van der Waals surface area contributed by atoms with Crippen LogP contribution in [0.4, 0.5) is 10.8 Å². The number of thiazole rings is 1. The van der Waals surface area contributed by atoms with E-state index in [4.69, 9.17) is 4.74 Å². The lowest BCUT2D eigenvalue weighted by molar-refractivity contribution is -0.384. The number of aryl methyl sites for hydroxylation is 1. The van der Waals surface area contributed by atoms with Crippen molar-refractivity contribution in [1.29, 1.82) is 0 Å². The van der Waals surface area contributed by atoms with Gasteiger partial charge in [-0.25, -0.2) is 9.67 Å². The summed E-state index contributed by atoms with van der Waals surface area (Å²) in [5, 5.41) is 16.1. The highest BCUT2D eigenvalue weighted by Crippen LogP contribution is 2.29. The molecule has 2 aromatic carbocycles. The van der Waals surface area contributed by atoms with Crippen LogP contribution in [0.2, 0.25) is 0 Å². The Bertz CT molecular complexity index is 1380. The molecule has 0 aliphatic heterocycles. The van der Waals surface area contributed by atoms with Gasteiger partial charge >= 0.3 is 0 Å². The van der Waals surface area contributed by atoms with Crippen LogP contribution in [-0.4, -0.2) is 45.9 Å². The summed E-state index contributed by atoms with van der Waals surface area (Å²) in [6.07, 6.45) is 0. The van der Waals surface area contributed by atoms with Gasteiger partial charge in [-0.2, -0.15) is 5.10 Å². The lowest BCUT2D eigenvalue weighted by Crippen LogP contribution is -2.38. The van der Waals surface area contributed by atoms with Crippen LogP contribution in [0.1, 0.15) is 16.2 Å². The van der Waals surface area contributed by atoms with Gasteiger partial charge in [-0.1, -0.05) is 35.6 Å². The zero-order valence-electron chi connectivity index (χ0n) is 17.8. The van der Waals surface area contributed by atoms with Gasteiger partial charge in [-0.3, -0.25) is 24.6 Å². The number of benzene rings is 2. The topological polar surface area (TPSA) is 120 Å². The SMILES string of the molecule is COCCN(C(=O)c1nn(-c2ccccc2[N+](=O)[O-])c(C)cc1=O)c1nc2ccccc2s1. The summed E-state index contributed by atoms with van der Waals surface area (Å²) in [4.78, 5) is 43.1. The molecule has 0 saturated carbocycles. The van der Waals surface area contributed by atoms with E-state index in [0.29, 0.717) is 10.8 Å². The number of hydrogen-bond donors (Lipinski definition) is 0. The van der Waals surface area contributed by atoms with E-state index >= 15 is 0 Å². The number of carbonyl (C=O) groups excluding carboxylic acids is 1. The number of fused-ring (bicyclic) bond motifs is 1. The molecule has 0 aliphatic carbocycles. The van der Waals surface area contributed by atoms with Gasteiger partial charge in [0, 0.05) is 24.9 Å². The number of rotatable bonds is 7. The van der Waals surface area contributed by atoms with E-state index in [2.05, 4.69) is 10.1 Å². The molecule has 0 bridgehead atoms. The predicted molar refractivity (Wildman–Crippen MR) is 124 cm³/mol. The lowest BCUT2D eigenvalue weighted by Gasteiger charge is -2.19. The minimum absolute atomic E-state index is 0.148. The van der Waals surface area contributed by atoms with Gasteiger partial charge in [0.05, 0.1) is 28.3 Å². The second-order valence-corrected chi connectivity index (χ2v) is 8.08. The normalized spacial score (nSPS) is 11.0. The van der Waals surface area contributed by atoms with Gasteiger partial charge in [0.2, 0.25) is 5.43 Å². The molecule has 0 aliphatic rings. The molecule has 0 atom stereocenters. The van der Waals surface area contributed by atoms with Crippen molar-refractivity contribution in [3.63, 3.8) is 0 Å². The van der Waals surface area contributed by atoms with Crippen LogP contribution in [0.25, 0.3) is 15.9 Å². The first-order chi connectivity index (χ1) is 15.9. The highest BCUT2D eigenvalue weighted by Gasteiger charge is 2.26. The molecule has 4 rings (SSSR count). The van der Waals surface area contributed by atoms with Crippen LogP contribution in [0.15, 0.2) is 59.4 Å². The zero-order valence-corrected chi connectivity index (χ0v) is 18.6. The maximum Gasteiger partial charge on any atom is 0.294 e. The summed E-state index contributed by atoms with van der Waals surface area (Å²) >= 11 is 1.31. The summed E-state index contributed by atoms with van der Waals surface area (Å²) in [6, 6.07) is 14.7. The van der Waals surface area contributed by atoms with Crippen LogP contribution < -0.4 is 10.3 Å². The largest absolute Gasteiger partial charge is 0.383 e. The Morgan fingerprint density at radius 3 is 2.67 bits per heavy atom. The third-order valence-electron chi connectivity index (χ3n) is 4.89. The van der Waals surface area contributed by atoms with Gasteiger partial charge in [-0.15, -0.1) is 0 Å². The summed E-state index contributed by atoms with van der Waals surface area (Å²) < 4.78 is 7.26. The standard InChI is InChI=1S/C22H19N5O5S/c1-14-13-18(28)20(24-26(14)16-8-4-5-9-17(16)27(30)31)21(29)25(11-12-32-2)22-23-15-7-3-6-10-19(15)33-22/h3-10,13H,11-12H2,1-2H3. The first-order valence-electron chi connectivity index (χ1n) is 9.92. The van der Waals surface area contributed by atoms with E-state index in [-0.39, 0.29) is 30.2 Å². The number of amides is 1. The number of nitro benzene ring substituents is 1. The molecule has 0 fully saturated rings. The van der Waals surface area contributed by atoms with Crippen LogP contribution in [0.3, 0.4) is 0 Å². The van der Waals surface area contributed by atoms with Gasteiger partial charge in [0.25, 0.3) is 11.6 Å². The fourth-order valence-electron chi connectivity index (χ4n) is 3.31. The highest BCUT2D eigenvalue weighted by molar-refractivity contribution is 7.22. The fourth-order valence-corrected chi connectivity index (χ4v) is 4.30. The Hall–Kier alpha value is -3.96. The number of anilines is 1. The highest BCUT2D eigenvalue weighted by atomic mass is 32.1. The van der Waals surface area contributed by atoms with Crippen molar-refractivity contribution >= 4 is 38.3 Å². The van der Waals surface area contributed by atoms with E-state index in [1.807, 2.05) is 24.3 Å². The number of aromatic nitrogens is 3. The maximum absolute atomic E-state index is 13.5. The second kappa shape index (κ2) is 9.27. The molecule has 11 heteroatoms. The average Bonchev–Trinajstić information content (AvgIpc) is 3.23. The third kappa shape index (κ3) is 4.36. The van der Waals surface area contributed by atoms with Crippen molar-refractivity contribution in [2.75, 3.05) is 25.2 Å². The molecule has 0 radical (unpaired) electrons. The van der Waals surface area contributed by atoms with Crippen molar-refractivity contribution in [2.24, 2.45) is 0 Å². The number of para-hydroxylation sites is 3. The predicted octanol–water partition coefficient (Wildman–Crippen LogP) is 3.35. The van der Waals surface area contributed by atoms with E-state index in [0.717, 1.165) is 10.2 Å². The molecule has 1 amide bonds. The number of hydrogen-bond acceptors (Lipinski definition) is 8. The van der Waals surface area contributed by atoms with Crippen molar-refractivity contribution in [3.8, 4) is 5.69 Å². The van der Waals surface area contributed by atoms with Crippen LogP contribution >= 0.6 is 11.3 Å². The Morgan fingerprint density at radius 2 is 1.94 bits per heavy atom. The zero-order chi connectivity index (χ0) is 23.5. The minimum atomic E-state index is -0.663. The molecule has 2 aromatic heterocycles. The Balaban J connectivity index is 1.82. The summed E-state index contributed by atoms with van der Waals surface area (Å²) in [6.45, 7) is 1.96. The molecule has 168 valence electrons. The Morgan fingerprint density at radius 1 is 1.21 bits per heavy atom. The van der Waals surface area contributed by atoms with Crippen LogP contribution in [0, 0.1) is 17.0 Å². The van der Waals surface area contributed by atoms with E-state index in [1.54, 1.807) is 13.0 Å². The molecule has 4 aromatic rings. The van der Waals surface area contributed by atoms with Gasteiger partial charge in [-0.05, 0) is 25.1 Å². The Labute approximate surface area is 191 Å². The van der Waals surface area contributed by atoms with Crippen molar-refractivity contribution in [2.45, 2.75) is 6.92 Å². The number of nitrogens with zero attached hydrogens (tertiary/aromatic N) is 5. The van der Waals surface area contributed by atoms with Crippen LogP contribution in [-0.2, 0) is 4.74 Å². The smallest absolute Gasteiger partial charge is 0.294 e. The molecule has 0 N–H and O–H groups in total. The molecule has 33 heavy (non-hydrogen) atoms. The number of methoxy groups -OCH3 is 1. The second-order valence-electron chi connectivity index (χ2n) is 7.07. The van der Waals surface area contributed by atoms with E-state index in [9.17, 15) is 19.7 Å². The van der Waals surface area contributed by atoms with Gasteiger partial charge in [0.1, 0.15) is 5.69 Å². The summed E-state index contributed by atoms with van der Waals surface area (Å²) in [7, 11) is 1.51. The van der Waals surface area contributed by atoms with E-state index < -0.39 is 16.3 Å². The molecule has 10 nitrogen and oxygen atoms in total. The first-order valence-corrected chi connectivity index (χ1v) is 10.7. The first kappa shape index (κ1) is 22.2. The van der Waals surface area contributed by atoms with Crippen molar-refractivity contribution in [3.05, 3.63) is 86.3 Å². The Kier molecular flexibility index (Phi) is 6.24. The monoisotopic (exact) mass is 465 g/mol. The average molecular weight is 465 g/mol. The maximum atomic E-state index is 13.5. The number of ether oxygens (including phenoxy) is 1. The molecular formula is C22H19N5O5S. The van der Waals surface area contributed by atoms with Crippen LogP contribution in [0.5, 0.6) is 0 Å². The fraction of sp³-hybridized carbons (Fsp3) is 0.182.